The van der Waals surface area contributed by atoms with Crippen molar-refractivity contribution >= 4 is 11.5 Å². The summed E-state index contributed by atoms with van der Waals surface area (Å²) in [5.41, 5.74) is 2.85. The van der Waals surface area contributed by atoms with Crippen molar-refractivity contribution in [3.63, 3.8) is 0 Å². The molecule has 0 bridgehead atoms. The highest BCUT2D eigenvalue weighted by Gasteiger charge is 2.33. The van der Waals surface area contributed by atoms with E-state index in [-0.39, 0.29) is 5.92 Å². The fourth-order valence-corrected chi connectivity index (χ4v) is 3.70. The summed E-state index contributed by atoms with van der Waals surface area (Å²) >= 11 is 0. The third-order valence-electron chi connectivity index (χ3n) is 5.05. The number of aliphatic hydroxyl groups is 1. The second-order valence-electron chi connectivity index (χ2n) is 6.83. The Kier molecular flexibility index (Phi) is 3.87. The zero-order valence-electron chi connectivity index (χ0n) is 13.8. The first-order chi connectivity index (χ1) is 11.7. The number of aromatic nitrogens is 3. The van der Waals surface area contributed by atoms with Crippen LogP contribution in [0.25, 0.3) is 5.65 Å². The van der Waals surface area contributed by atoms with Gasteiger partial charge in [-0.15, -0.1) is 0 Å². The van der Waals surface area contributed by atoms with Gasteiger partial charge in [0.2, 0.25) is 0 Å². The van der Waals surface area contributed by atoms with Crippen molar-refractivity contribution in [1.82, 2.24) is 19.9 Å². The van der Waals surface area contributed by atoms with E-state index < -0.39 is 6.10 Å². The van der Waals surface area contributed by atoms with Gasteiger partial charge >= 0.3 is 0 Å². The van der Waals surface area contributed by atoms with E-state index in [0.29, 0.717) is 19.1 Å². The largest absolute Gasteiger partial charge is 0.390 e. The number of aryl methyl sites for hydroxylation is 1. The molecule has 2 aromatic rings. The Morgan fingerprint density at radius 1 is 1.38 bits per heavy atom. The van der Waals surface area contributed by atoms with Gasteiger partial charge in [0.25, 0.3) is 0 Å². The van der Waals surface area contributed by atoms with Crippen LogP contribution in [0.3, 0.4) is 0 Å². The lowest BCUT2D eigenvalue weighted by molar-refractivity contribution is 0.171. The van der Waals surface area contributed by atoms with Crippen molar-refractivity contribution in [1.29, 1.82) is 5.26 Å². The smallest absolute Gasteiger partial charge is 0.157 e. The number of anilines is 1. The molecule has 0 saturated carbocycles. The molecule has 7 nitrogen and oxygen atoms in total. The highest BCUT2D eigenvalue weighted by Crippen LogP contribution is 2.27. The van der Waals surface area contributed by atoms with E-state index >= 15 is 0 Å². The summed E-state index contributed by atoms with van der Waals surface area (Å²) < 4.78 is 1.83. The van der Waals surface area contributed by atoms with Crippen LogP contribution < -0.4 is 10.2 Å². The summed E-state index contributed by atoms with van der Waals surface area (Å²) in [5, 5.41) is 27.3. The number of β-amino-alcohol motifs (C(OH)–C–C–N with tert-alkyl or cyclic N) is 1. The fourth-order valence-electron chi connectivity index (χ4n) is 3.70. The Morgan fingerprint density at radius 3 is 2.96 bits per heavy atom. The van der Waals surface area contributed by atoms with E-state index in [0.717, 1.165) is 35.7 Å². The van der Waals surface area contributed by atoms with Crippen molar-refractivity contribution in [3.8, 4) is 6.07 Å². The first-order valence-corrected chi connectivity index (χ1v) is 8.58. The number of nitrogens with one attached hydrogen (secondary N) is 1. The molecule has 2 aliphatic rings. The number of fused-ring (bicyclic) bond motifs is 1. The lowest BCUT2D eigenvalue weighted by Crippen LogP contribution is -2.27. The molecule has 2 aliphatic heterocycles. The van der Waals surface area contributed by atoms with E-state index in [1.54, 1.807) is 0 Å². The molecule has 7 heteroatoms. The SMILES string of the molecule is Cc1cn2nc([C@@H]3CCCCN3)cc2nc1N1C[C@@H](C#N)[C@@H](O)C1. The van der Waals surface area contributed by atoms with Crippen LogP contribution in [0.15, 0.2) is 12.3 Å². The molecule has 3 atom stereocenters. The minimum absolute atomic E-state index is 0.306. The summed E-state index contributed by atoms with van der Waals surface area (Å²) in [6.07, 6.45) is 4.93. The van der Waals surface area contributed by atoms with Gasteiger partial charge in [0.1, 0.15) is 5.82 Å². The van der Waals surface area contributed by atoms with Crippen molar-refractivity contribution in [2.75, 3.05) is 24.5 Å². The van der Waals surface area contributed by atoms with E-state index in [1.807, 2.05) is 28.6 Å². The summed E-state index contributed by atoms with van der Waals surface area (Å²) in [4.78, 5) is 6.75. The average Bonchev–Trinajstić information content (AvgIpc) is 3.17. The van der Waals surface area contributed by atoms with E-state index in [2.05, 4.69) is 16.5 Å². The van der Waals surface area contributed by atoms with E-state index in [4.69, 9.17) is 10.2 Å². The van der Waals surface area contributed by atoms with Gasteiger partial charge < -0.3 is 15.3 Å². The fraction of sp³-hybridized carbons (Fsp3) is 0.588. The van der Waals surface area contributed by atoms with Crippen LogP contribution in [0.2, 0.25) is 0 Å². The molecule has 24 heavy (non-hydrogen) atoms. The zero-order chi connectivity index (χ0) is 16.7. The second-order valence-corrected chi connectivity index (χ2v) is 6.83. The molecule has 0 radical (unpaired) electrons. The number of hydrogen-bond donors (Lipinski definition) is 2. The maximum absolute atomic E-state index is 9.98. The molecule has 0 aliphatic carbocycles. The maximum Gasteiger partial charge on any atom is 0.157 e. The molecule has 2 fully saturated rings. The van der Waals surface area contributed by atoms with Crippen LogP contribution in [0.5, 0.6) is 0 Å². The molecule has 126 valence electrons. The average molecular weight is 326 g/mol. The number of rotatable bonds is 2. The van der Waals surface area contributed by atoms with Crippen molar-refractivity contribution < 1.29 is 5.11 Å². The molecule has 2 aromatic heterocycles. The summed E-state index contributed by atoms with van der Waals surface area (Å²) in [7, 11) is 0. The van der Waals surface area contributed by atoms with Crippen LogP contribution in [0.4, 0.5) is 5.82 Å². The molecule has 0 amide bonds. The number of nitrogens with zero attached hydrogens (tertiary/aromatic N) is 5. The van der Waals surface area contributed by atoms with Crippen LogP contribution >= 0.6 is 0 Å². The summed E-state index contributed by atoms with van der Waals surface area (Å²) in [5.74, 6) is 0.483. The van der Waals surface area contributed by atoms with Crippen LogP contribution in [-0.4, -0.2) is 45.4 Å². The minimum atomic E-state index is -0.612. The van der Waals surface area contributed by atoms with Crippen LogP contribution in [0.1, 0.15) is 36.6 Å². The van der Waals surface area contributed by atoms with Crippen molar-refractivity contribution in [2.24, 2.45) is 5.92 Å². The number of nitriles is 1. The molecule has 4 rings (SSSR count). The number of aliphatic hydroxyl groups excluding tert-OH is 1. The van der Waals surface area contributed by atoms with Gasteiger partial charge in [0.15, 0.2) is 5.65 Å². The maximum atomic E-state index is 9.98. The predicted octanol–water partition coefficient (Wildman–Crippen LogP) is 1.17. The van der Waals surface area contributed by atoms with E-state index in [1.165, 1.54) is 12.8 Å². The molecular formula is C17H22N6O. The molecular weight excluding hydrogens is 304 g/mol. The third-order valence-corrected chi connectivity index (χ3v) is 5.05. The minimum Gasteiger partial charge on any atom is -0.390 e. The normalized spacial score (nSPS) is 27.5. The first-order valence-electron chi connectivity index (χ1n) is 8.58. The quantitative estimate of drug-likeness (QED) is 0.861. The van der Waals surface area contributed by atoms with Crippen molar-refractivity contribution in [2.45, 2.75) is 38.3 Å². The highest BCUT2D eigenvalue weighted by atomic mass is 16.3. The predicted molar refractivity (Wildman–Crippen MR) is 89.6 cm³/mol. The molecule has 2 saturated heterocycles. The van der Waals surface area contributed by atoms with Gasteiger partial charge in [-0.1, -0.05) is 6.42 Å². The van der Waals surface area contributed by atoms with Gasteiger partial charge in [-0.25, -0.2) is 9.50 Å². The topological polar surface area (TPSA) is 89.5 Å². The second kappa shape index (κ2) is 6.04. The first kappa shape index (κ1) is 15.4. The Bertz CT molecular complexity index is 788. The standard InChI is InChI=1S/C17H22N6O/c1-11-8-23-16(6-14(21-23)13-4-2-3-5-19-13)20-17(11)22-9-12(7-18)15(24)10-22/h6,8,12-13,15,19,24H,2-5,9-10H2,1H3/t12-,13+,15+/m1/s1. The monoisotopic (exact) mass is 326 g/mol. The Balaban J connectivity index is 1.65. The Morgan fingerprint density at radius 2 is 2.25 bits per heavy atom. The molecule has 0 aromatic carbocycles. The molecule has 4 heterocycles. The number of hydrogen-bond acceptors (Lipinski definition) is 6. The van der Waals surface area contributed by atoms with Gasteiger partial charge in [-0.2, -0.15) is 10.4 Å². The molecule has 0 spiro atoms. The third kappa shape index (κ3) is 2.62. The highest BCUT2D eigenvalue weighted by molar-refractivity contribution is 5.54. The molecule has 2 N–H and O–H groups in total. The number of piperidine rings is 1. The Hall–Kier alpha value is -2.17. The summed E-state index contributed by atoms with van der Waals surface area (Å²) in [6.45, 7) is 4.01. The van der Waals surface area contributed by atoms with Crippen LogP contribution in [-0.2, 0) is 0 Å². The van der Waals surface area contributed by atoms with Crippen molar-refractivity contribution in [3.05, 3.63) is 23.5 Å². The summed E-state index contributed by atoms with van der Waals surface area (Å²) in [6, 6.07) is 4.52. The van der Waals surface area contributed by atoms with Gasteiger partial charge in [-0.3, -0.25) is 0 Å². The zero-order valence-corrected chi connectivity index (χ0v) is 13.8. The van der Waals surface area contributed by atoms with Gasteiger partial charge in [0, 0.05) is 30.9 Å². The van der Waals surface area contributed by atoms with Crippen LogP contribution in [0, 0.1) is 24.2 Å². The van der Waals surface area contributed by atoms with Gasteiger partial charge in [-0.05, 0) is 26.3 Å². The lowest BCUT2D eigenvalue weighted by Gasteiger charge is -2.21. The Labute approximate surface area is 140 Å². The van der Waals surface area contributed by atoms with E-state index in [9.17, 15) is 5.11 Å². The molecule has 0 unspecified atom stereocenters. The lowest BCUT2D eigenvalue weighted by atomic mass is 10.0. The van der Waals surface area contributed by atoms with Gasteiger partial charge in [0.05, 0.1) is 29.8 Å².